The first-order valence-electron chi connectivity index (χ1n) is 2.73. The van der Waals surface area contributed by atoms with Gasteiger partial charge in [0.1, 0.15) is 0 Å². The van der Waals surface area contributed by atoms with Crippen LogP contribution in [0, 0.1) is 0 Å². The summed E-state index contributed by atoms with van der Waals surface area (Å²) in [5, 5.41) is 4.00. The predicted octanol–water partition coefficient (Wildman–Crippen LogP) is -9.40. The molecular weight excluding hydrogens is 232 g/mol. The minimum Gasteiger partial charge on any atom is -0.784 e. The Hall–Kier alpha value is -1.83. The molecule has 0 aromatic carbocycles. The standard InChI is InChI=1S/2CH6N4.H2O3S.H2O/c2*2-1(3)5-4;1-4(2)3;/h2*4H2,(H4,2,3,5);(H2,1,2,3);1H2. The van der Waals surface area contributed by atoms with Gasteiger partial charge in [0.25, 0.3) is 0 Å². The molecule has 0 aromatic heterocycles. The first-order chi connectivity index (χ1) is 6.27. The van der Waals surface area contributed by atoms with Gasteiger partial charge >= 0.3 is 11.9 Å². The van der Waals surface area contributed by atoms with Crippen molar-refractivity contribution in [2.75, 3.05) is 0 Å². The fourth-order valence-corrected chi connectivity index (χ4v) is 0. The molecule has 0 amide bonds. The minimum atomic E-state index is -3.11. The van der Waals surface area contributed by atoms with Crippen molar-refractivity contribution in [3.63, 3.8) is 0 Å². The van der Waals surface area contributed by atoms with Crippen molar-refractivity contribution in [2.24, 2.45) is 34.6 Å². The van der Waals surface area contributed by atoms with Gasteiger partial charge < -0.3 is 14.6 Å². The topological polar surface area (TPSA) is 279 Å². The lowest BCUT2D eigenvalue weighted by atomic mass is 11.1. The highest BCUT2D eigenvalue weighted by atomic mass is 32.2. The van der Waals surface area contributed by atoms with Crippen molar-refractivity contribution in [2.45, 2.75) is 0 Å². The Morgan fingerprint density at radius 3 is 1.00 bits per heavy atom. The minimum absolute atomic E-state index is 0. The number of guanidine groups is 2. The number of rotatable bonds is 0. The maximum atomic E-state index is 8.44. The molecule has 94 valence electrons. The van der Waals surface area contributed by atoms with Gasteiger partial charge in [0.05, 0.1) is 0 Å². The molecule has 0 saturated carbocycles. The molecule has 0 heterocycles. The van der Waals surface area contributed by atoms with Gasteiger partial charge in [-0.1, -0.05) is 0 Å². The summed E-state index contributed by atoms with van der Waals surface area (Å²) in [5.41, 5.74) is 19.0. The molecule has 0 aromatic rings. The lowest BCUT2D eigenvalue weighted by Gasteiger charge is -2.03. The average Bonchev–Trinajstić information content (AvgIpc) is 2.04. The maximum absolute atomic E-state index is 8.44. The molecule has 13 heteroatoms. The molecule has 0 unspecified atom stereocenters. The fourth-order valence-electron chi connectivity index (χ4n) is 0. The quantitative estimate of drug-likeness (QED) is 0.0662. The van der Waals surface area contributed by atoms with Crippen molar-refractivity contribution in [1.82, 2.24) is 0 Å². The van der Waals surface area contributed by atoms with E-state index in [0.29, 0.717) is 0 Å². The van der Waals surface area contributed by atoms with E-state index in [1.165, 1.54) is 0 Å². The Kier molecular flexibility index (Phi) is 27.9. The van der Waals surface area contributed by atoms with E-state index in [1.54, 1.807) is 0 Å². The van der Waals surface area contributed by atoms with E-state index in [9.17, 15) is 0 Å². The lowest BCUT2D eigenvalue weighted by Crippen LogP contribution is -2.84. The van der Waals surface area contributed by atoms with Crippen LogP contribution in [0.4, 0.5) is 0 Å². The van der Waals surface area contributed by atoms with Crippen molar-refractivity contribution < 1.29 is 29.0 Å². The van der Waals surface area contributed by atoms with Crippen LogP contribution in [0.2, 0.25) is 0 Å². The molecule has 0 radical (unpaired) electrons. The summed E-state index contributed by atoms with van der Waals surface area (Å²) >= 11 is -3.11. The van der Waals surface area contributed by atoms with Crippen molar-refractivity contribution in [3.05, 3.63) is 0 Å². The zero-order valence-corrected chi connectivity index (χ0v) is 8.41. The number of nitrogens with one attached hydrogen (secondary N) is 2. The largest absolute Gasteiger partial charge is 0.784 e. The molecule has 0 fully saturated rings. The molecule has 0 aliphatic heterocycles. The van der Waals surface area contributed by atoms with Crippen LogP contribution in [0.3, 0.4) is 0 Å². The molecule has 0 rings (SSSR count). The molecule has 0 bridgehead atoms. The number of nitrogens with two attached hydrogens (primary N) is 6. The Morgan fingerprint density at radius 1 is 0.933 bits per heavy atom. The van der Waals surface area contributed by atoms with E-state index in [0.717, 1.165) is 0 Å². The Balaban J connectivity index is -0.0000000590. The molecule has 15 heavy (non-hydrogen) atoms. The molecule has 0 spiro atoms. The van der Waals surface area contributed by atoms with E-state index in [2.05, 4.69) is 11.7 Å². The third-order valence-corrected chi connectivity index (χ3v) is 0.333. The maximum Gasteiger partial charge on any atom is 0.360 e. The van der Waals surface area contributed by atoms with Crippen LogP contribution in [0.1, 0.15) is 0 Å². The average molecular weight is 248 g/mol. The monoisotopic (exact) mass is 248 g/mol. The Labute approximate surface area is 87.7 Å². The summed E-state index contributed by atoms with van der Waals surface area (Å²) in [6.45, 7) is 0. The van der Waals surface area contributed by atoms with E-state index < -0.39 is 11.4 Å². The Bertz CT molecular complexity index is 177. The number of hydrogen-bond donors (Lipinski definition) is 8. The third kappa shape index (κ3) is 267. The highest BCUT2D eigenvalue weighted by Crippen LogP contribution is 1.42. The number of hydrazone groups is 2. The lowest BCUT2D eigenvalue weighted by molar-refractivity contribution is -0.471. The fraction of sp³-hybridized carbons (Fsp3) is 0. The van der Waals surface area contributed by atoms with Gasteiger partial charge in [-0.2, -0.15) is 10.2 Å². The highest BCUT2D eigenvalue weighted by molar-refractivity contribution is 7.72. The molecular formula is C2H16N8O4S. The van der Waals surface area contributed by atoms with Crippen LogP contribution >= 0.6 is 0 Å². The highest BCUT2D eigenvalue weighted by Gasteiger charge is 1.72. The summed E-state index contributed by atoms with van der Waals surface area (Å²) < 4.78 is 25.3. The predicted molar refractivity (Wildman–Crippen MR) is 50.4 cm³/mol. The van der Waals surface area contributed by atoms with Crippen LogP contribution in [0.5, 0.6) is 0 Å². The molecule has 0 aliphatic rings. The van der Waals surface area contributed by atoms with Crippen LogP contribution < -0.4 is 44.8 Å². The van der Waals surface area contributed by atoms with E-state index in [-0.39, 0.29) is 17.4 Å². The van der Waals surface area contributed by atoms with Gasteiger partial charge in [-0.3, -0.25) is 38.8 Å². The molecule has 0 aliphatic carbocycles. The van der Waals surface area contributed by atoms with Gasteiger partial charge in [0.15, 0.2) is 0 Å². The normalized spacial score (nSPS) is 6.60. The third-order valence-electron chi connectivity index (χ3n) is 0.333. The van der Waals surface area contributed by atoms with Gasteiger partial charge in [0, 0.05) is 0 Å². The molecule has 0 atom stereocenters. The molecule has 12 nitrogen and oxygen atoms in total. The zero-order valence-electron chi connectivity index (χ0n) is 7.60. The molecule has 0 saturated heterocycles. The Morgan fingerprint density at radius 2 is 1.00 bits per heavy atom. The van der Waals surface area contributed by atoms with Crippen molar-refractivity contribution >= 4 is 23.3 Å². The second-order valence-electron chi connectivity index (χ2n) is 1.40. The second-order valence-corrected chi connectivity index (χ2v) is 1.81. The SMILES string of the molecule is N[NH+]=C(N)N.N[NH+]=C(N)N.O.O=S([O-])[O-]. The summed E-state index contributed by atoms with van der Waals surface area (Å²) in [5.74, 6) is 9.33. The van der Waals surface area contributed by atoms with Crippen molar-refractivity contribution in [1.29, 1.82) is 0 Å². The van der Waals surface area contributed by atoms with Crippen molar-refractivity contribution in [3.8, 4) is 0 Å². The summed E-state index contributed by atoms with van der Waals surface area (Å²) in [6, 6.07) is 0. The van der Waals surface area contributed by atoms with E-state index >= 15 is 0 Å². The van der Waals surface area contributed by atoms with Crippen LogP contribution in [-0.4, -0.2) is 30.7 Å². The van der Waals surface area contributed by atoms with Gasteiger partial charge in [-0.05, 0) is 0 Å². The number of hydrogen-bond acceptors (Lipinski definition) is 5. The summed E-state index contributed by atoms with van der Waals surface area (Å²) in [4.78, 5) is 0. The van der Waals surface area contributed by atoms with Gasteiger partial charge in [-0.15, -0.1) is 11.4 Å². The summed E-state index contributed by atoms with van der Waals surface area (Å²) in [7, 11) is 0. The van der Waals surface area contributed by atoms with Gasteiger partial charge in [-0.25, -0.2) is 0 Å². The zero-order chi connectivity index (χ0) is 12.1. The number of hydrazine groups is 2. The van der Waals surface area contributed by atoms with Gasteiger partial charge in [0.2, 0.25) is 0 Å². The van der Waals surface area contributed by atoms with E-state index in [4.69, 9.17) is 36.2 Å². The van der Waals surface area contributed by atoms with Crippen LogP contribution in [0.15, 0.2) is 0 Å². The second kappa shape index (κ2) is 18.1. The summed E-state index contributed by atoms with van der Waals surface area (Å²) in [6.07, 6.45) is 0. The molecule has 16 N–H and O–H groups in total. The van der Waals surface area contributed by atoms with Crippen LogP contribution in [0.25, 0.3) is 0 Å². The smallest absolute Gasteiger partial charge is 0.360 e. The first-order valence-corrected chi connectivity index (χ1v) is 3.73. The van der Waals surface area contributed by atoms with Crippen LogP contribution in [-0.2, 0) is 11.4 Å². The first kappa shape index (κ1) is 23.2. The van der Waals surface area contributed by atoms with E-state index in [1.807, 2.05) is 10.2 Å².